The van der Waals surface area contributed by atoms with Crippen molar-refractivity contribution in [2.75, 3.05) is 17.7 Å². The Kier molecular flexibility index (Phi) is 2.45. The van der Waals surface area contributed by atoms with Crippen LogP contribution in [0.2, 0.25) is 0 Å². The molecule has 0 unspecified atom stereocenters. The molecule has 0 radical (unpaired) electrons. The first-order valence-corrected chi connectivity index (χ1v) is 6.25. The lowest BCUT2D eigenvalue weighted by molar-refractivity contribution is -0.118. The van der Waals surface area contributed by atoms with Crippen LogP contribution >= 0.6 is 11.3 Å². The van der Waals surface area contributed by atoms with E-state index in [1.54, 1.807) is 0 Å². The minimum absolute atomic E-state index is 0.0502. The van der Waals surface area contributed by atoms with Gasteiger partial charge in [-0.3, -0.25) is 4.79 Å². The molecule has 3 rings (SSSR count). The average Bonchev–Trinajstić information content (AvgIpc) is 2.68. The van der Waals surface area contributed by atoms with Crippen molar-refractivity contribution in [3.63, 3.8) is 0 Å². The number of carbonyl (C=O) groups is 1. The van der Waals surface area contributed by atoms with E-state index in [2.05, 4.69) is 10.3 Å². The van der Waals surface area contributed by atoms with Crippen molar-refractivity contribution in [3.8, 4) is 17.0 Å². The predicted molar refractivity (Wildman–Crippen MR) is 70.8 cm³/mol. The van der Waals surface area contributed by atoms with E-state index in [-0.39, 0.29) is 12.5 Å². The van der Waals surface area contributed by atoms with Gasteiger partial charge >= 0.3 is 0 Å². The number of hydrogen-bond acceptors (Lipinski definition) is 5. The SMILES string of the molecule is Cc1sc(N)nc1-c1ccc2c(c1)OCC(=O)N2. The molecule has 0 spiro atoms. The maximum atomic E-state index is 11.2. The lowest BCUT2D eigenvalue weighted by Gasteiger charge is -2.18. The standard InChI is InChI=1S/C12H11N3O2S/c1-6-11(15-12(13)18-6)7-2-3-8-9(4-7)17-5-10(16)14-8/h2-4H,5H2,1H3,(H2,13,15)(H,14,16). The van der Waals surface area contributed by atoms with E-state index in [0.29, 0.717) is 16.6 Å². The van der Waals surface area contributed by atoms with E-state index in [9.17, 15) is 4.79 Å². The summed E-state index contributed by atoms with van der Waals surface area (Å²) in [5.41, 5.74) is 8.18. The zero-order chi connectivity index (χ0) is 12.7. The predicted octanol–water partition coefficient (Wildman–Crippen LogP) is 2.03. The van der Waals surface area contributed by atoms with Crippen LogP contribution in [0.4, 0.5) is 10.8 Å². The molecule has 2 heterocycles. The van der Waals surface area contributed by atoms with Crippen LogP contribution in [0.25, 0.3) is 11.3 Å². The Morgan fingerprint density at radius 2 is 2.33 bits per heavy atom. The third-order valence-electron chi connectivity index (χ3n) is 2.70. The molecule has 0 bridgehead atoms. The van der Waals surface area contributed by atoms with Gasteiger partial charge in [0.15, 0.2) is 11.7 Å². The van der Waals surface area contributed by atoms with Gasteiger partial charge in [0.1, 0.15) is 5.75 Å². The highest BCUT2D eigenvalue weighted by molar-refractivity contribution is 7.15. The van der Waals surface area contributed by atoms with Gasteiger partial charge in [-0.2, -0.15) is 0 Å². The second-order valence-electron chi connectivity index (χ2n) is 4.00. The molecule has 1 aliphatic rings. The number of nitrogens with two attached hydrogens (primary N) is 1. The third kappa shape index (κ3) is 1.80. The zero-order valence-corrected chi connectivity index (χ0v) is 10.5. The Bertz CT molecular complexity index is 636. The molecule has 0 aliphatic carbocycles. The van der Waals surface area contributed by atoms with Crippen LogP contribution in [0, 0.1) is 6.92 Å². The Balaban J connectivity index is 2.05. The minimum Gasteiger partial charge on any atom is -0.482 e. The number of nitrogens with zero attached hydrogens (tertiary/aromatic N) is 1. The summed E-state index contributed by atoms with van der Waals surface area (Å²) in [6.07, 6.45) is 0. The molecule has 0 saturated carbocycles. The number of fused-ring (bicyclic) bond motifs is 1. The van der Waals surface area contributed by atoms with Gasteiger partial charge in [0.05, 0.1) is 11.4 Å². The van der Waals surface area contributed by atoms with Crippen LogP contribution < -0.4 is 15.8 Å². The summed E-state index contributed by atoms with van der Waals surface area (Å²) in [6.45, 7) is 2.03. The second kappa shape index (κ2) is 3.99. The summed E-state index contributed by atoms with van der Waals surface area (Å²) in [7, 11) is 0. The number of anilines is 2. The Hall–Kier alpha value is -2.08. The zero-order valence-electron chi connectivity index (χ0n) is 9.69. The first-order valence-electron chi connectivity index (χ1n) is 5.43. The van der Waals surface area contributed by atoms with Gasteiger partial charge in [-0.15, -0.1) is 11.3 Å². The highest BCUT2D eigenvalue weighted by atomic mass is 32.1. The molecule has 1 aromatic carbocycles. The molecule has 1 aromatic heterocycles. The van der Waals surface area contributed by atoms with Crippen LogP contribution in [0.15, 0.2) is 18.2 Å². The highest BCUT2D eigenvalue weighted by Gasteiger charge is 2.17. The van der Waals surface area contributed by atoms with Crippen LogP contribution in [0.3, 0.4) is 0 Å². The quantitative estimate of drug-likeness (QED) is 0.823. The van der Waals surface area contributed by atoms with Gasteiger partial charge in [-0.25, -0.2) is 4.98 Å². The molecule has 92 valence electrons. The van der Waals surface area contributed by atoms with Crippen molar-refractivity contribution >= 4 is 28.1 Å². The molecule has 5 nitrogen and oxygen atoms in total. The van der Waals surface area contributed by atoms with E-state index in [1.165, 1.54) is 11.3 Å². The minimum atomic E-state index is -0.135. The lowest BCUT2D eigenvalue weighted by Crippen LogP contribution is -2.25. The number of aryl methyl sites for hydroxylation is 1. The summed E-state index contributed by atoms with van der Waals surface area (Å²) < 4.78 is 5.38. The summed E-state index contributed by atoms with van der Waals surface area (Å²) >= 11 is 1.46. The smallest absolute Gasteiger partial charge is 0.262 e. The number of nitrogens with one attached hydrogen (secondary N) is 1. The molecule has 1 aliphatic heterocycles. The summed E-state index contributed by atoms with van der Waals surface area (Å²) in [4.78, 5) is 16.5. The van der Waals surface area contributed by atoms with Crippen LogP contribution in [-0.4, -0.2) is 17.5 Å². The van der Waals surface area contributed by atoms with E-state index < -0.39 is 0 Å². The molecule has 18 heavy (non-hydrogen) atoms. The number of carbonyl (C=O) groups excluding carboxylic acids is 1. The van der Waals surface area contributed by atoms with Crippen molar-refractivity contribution in [3.05, 3.63) is 23.1 Å². The number of nitrogen functional groups attached to an aromatic ring is 1. The van der Waals surface area contributed by atoms with Gasteiger partial charge in [-0.05, 0) is 19.1 Å². The average molecular weight is 261 g/mol. The maximum absolute atomic E-state index is 11.2. The van der Waals surface area contributed by atoms with Crippen LogP contribution in [0.5, 0.6) is 5.75 Å². The maximum Gasteiger partial charge on any atom is 0.262 e. The van der Waals surface area contributed by atoms with Crippen molar-refractivity contribution in [2.24, 2.45) is 0 Å². The van der Waals surface area contributed by atoms with E-state index in [4.69, 9.17) is 10.5 Å². The molecule has 2 aromatic rings. The molecular formula is C12H11N3O2S. The van der Waals surface area contributed by atoms with E-state index >= 15 is 0 Å². The lowest BCUT2D eigenvalue weighted by atomic mass is 10.1. The molecule has 0 saturated heterocycles. The molecular weight excluding hydrogens is 250 g/mol. The Labute approximate surface area is 108 Å². The van der Waals surface area contributed by atoms with Crippen LogP contribution in [-0.2, 0) is 4.79 Å². The Morgan fingerprint density at radius 1 is 1.50 bits per heavy atom. The molecule has 0 fully saturated rings. The summed E-state index contributed by atoms with van der Waals surface area (Å²) in [5.74, 6) is 0.530. The number of thiazole rings is 1. The van der Waals surface area contributed by atoms with Crippen LogP contribution in [0.1, 0.15) is 4.88 Å². The fraction of sp³-hybridized carbons (Fsp3) is 0.167. The molecule has 6 heteroatoms. The summed E-state index contributed by atoms with van der Waals surface area (Å²) in [6, 6.07) is 5.59. The third-order valence-corrected chi connectivity index (χ3v) is 3.50. The molecule has 1 amide bonds. The van der Waals surface area contributed by atoms with Crippen molar-refractivity contribution < 1.29 is 9.53 Å². The monoisotopic (exact) mass is 261 g/mol. The van der Waals surface area contributed by atoms with Gasteiger partial charge in [0.25, 0.3) is 5.91 Å². The number of amides is 1. The molecule has 3 N–H and O–H groups in total. The van der Waals surface area contributed by atoms with Gasteiger partial charge in [-0.1, -0.05) is 6.07 Å². The Morgan fingerprint density at radius 3 is 3.06 bits per heavy atom. The fourth-order valence-electron chi connectivity index (χ4n) is 1.91. The largest absolute Gasteiger partial charge is 0.482 e. The van der Waals surface area contributed by atoms with Gasteiger partial charge < -0.3 is 15.8 Å². The van der Waals surface area contributed by atoms with Gasteiger partial charge in [0, 0.05) is 10.4 Å². The van der Waals surface area contributed by atoms with Crippen molar-refractivity contribution in [1.82, 2.24) is 4.98 Å². The number of rotatable bonds is 1. The van der Waals surface area contributed by atoms with Crippen molar-refractivity contribution in [1.29, 1.82) is 0 Å². The fourth-order valence-corrected chi connectivity index (χ4v) is 2.62. The topological polar surface area (TPSA) is 77.2 Å². The normalized spacial score (nSPS) is 13.7. The van der Waals surface area contributed by atoms with Crippen molar-refractivity contribution in [2.45, 2.75) is 6.92 Å². The van der Waals surface area contributed by atoms with E-state index in [0.717, 1.165) is 16.1 Å². The highest BCUT2D eigenvalue weighted by Crippen LogP contribution is 2.35. The number of aromatic nitrogens is 1. The first-order chi connectivity index (χ1) is 8.63. The number of hydrogen-bond donors (Lipinski definition) is 2. The number of ether oxygens (including phenoxy) is 1. The summed E-state index contributed by atoms with van der Waals surface area (Å²) in [5, 5.41) is 3.30. The first kappa shape index (κ1) is 11.0. The van der Waals surface area contributed by atoms with Gasteiger partial charge in [0.2, 0.25) is 0 Å². The second-order valence-corrected chi connectivity index (χ2v) is 5.24. The number of benzene rings is 1. The van der Waals surface area contributed by atoms with E-state index in [1.807, 2.05) is 25.1 Å². The molecule has 0 atom stereocenters.